The van der Waals surface area contributed by atoms with Crippen LogP contribution in [-0.2, 0) is 57.1 Å². The topological polar surface area (TPSA) is 174 Å². The third kappa shape index (κ3) is 8.11. The maximum atomic E-state index is 13.7. The minimum atomic E-state index is -2.18. The first-order valence-corrected chi connectivity index (χ1v) is 14.3. The second-order valence-electron chi connectivity index (χ2n) is 12.0. The number of amides is 1. The molecule has 0 aliphatic carbocycles. The van der Waals surface area contributed by atoms with Crippen molar-refractivity contribution >= 4 is 23.8 Å². The molecule has 14 heteroatoms. The third-order valence-electron chi connectivity index (χ3n) is 8.28. The number of aliphatic hydroxyl groups is 1. The molecular formula is C29H45NO13. The molecule has 0 aromatic rings. The molecule has 43 heavy (non-hydrogen) atoms. The van der Waals surface area contributed by atoms with Crippen LogP contribution in [0, 0.1) is 11.3 Å². The molecule has 3 saturated heterocycles. The van der Waals surface area contributed by atoms with Crippen LogP contribution in [0.4, 0.5) is 0 Å². The molecule has 0 spiro atoms. The first-order chi connectivity index (χ1) is 20.0. The summed E-state index contributed by atoms with van der Waals surface area (Å²) in [5.41, 5.74) is -0.0806. The highest BCUT2D eigenvalue weighted by Crippen LogP contribution is 2.44. The van der Waals surface area contributed by atoms with E-state index >= 15 is 0 Å². The molecule has 0 aromatic carbocycles. The van der Waals surface area contributed by atoms with Gasteiger partial charge in [0.05, 0.1) is 18.3 Å². The lowest BCUT2D eigenvalue weighted by Gasteiger charge is -2.54. The number of nitrogens with one attached hydrogen (secondary N) is 1. The van der Waals surface area contributed by atoms with E-state index in [0.29, 0.717) is 5.57 Å². The van der Waals surface area contributed by atoms with Gasteiger partial charge < -0.3 is 48.3 Å². The van der Waals surface area contributed by atoms with Crippen LogP contribution in [0.1, 0.15) is 61.3 Å². The van der Waals surface area contributed by atoms with Crippen molar-refractivity contribution < 1.29 is 62.2 Å². The Labute approximate surface area is 251 Å². The number of carbonyl (C=O) groups excluding carboxylic acids is 4. The molecule has 3 rings (SSSR count). The number of hydrogen-bond donors (Lipinski definition) is 2. The zero-order chi connectivity index (χ0) is 32.3. The van der Waals surface area contributed by atoms with Gasteiger partial charge in [0.1, 0.15) is 31.7 Å². The Hall–Kier alpha value is -2.62. The third-order valence-corrected chi connectivity index (χ3v) is 8.28. The van der Waals surface area contributed by atoms with Crippen molar-refractivity contribution in [1.29, 1.82) is 0 Å². The van der Waals surface area contributed by atoms with Crippen LogP contribution >= 0.6 is 0 Å². The van der Waals surface area contributed by atoms with E-state index in [1.54, 1.807) is 6.92 Å². The fourth-order valence-electron chi connectivity index (χ4n) is 5.86. The van der Waals surface area contributed by atoms with Crippen molar-refractivity contribution in [3.63, 3.8) is 0 Å². The van der Waals surface area contributed by atoms with Gasteiger partial charge in [0, 0.05) is 52.1 Å². The molecular weight excluding hydrogens is 570 g/mol. The quantitative estimate of drug-likeness (QED) is 0.203. The largest absolute Gasteiger partial charge is 0.462 e. The number of hydrogen-bond acceptors (Lipinski definition) is 13. The molecule has 0 saturated carbocycles. The van der Waals surface area contributed by atoms with Gasteiger partial charge in [-0.25, -0.2) is 0 Å². The summed E-state index contributed by atoms with van der Waals surface area (Å²) in [5, 5.41) is 14.1. The van der Waals surface area contributed by atoms with Crippen molar-refractivity contribution in [3.8, 4) is 0 Å². The molecule has 1 amide bonds. The lowest BCUT2D eigenvalue weighted by atomic mass is 9.72. The van der Waals surface area contributed by atoms with Crippen molar-refractivity contribution in [2.45, 2.75) is 116 Å². The maximum Gasteiger partial charge on any atom is 0.303 e. The molecule has 3 heterocycles. The number of esters is 3. The molecule has 0 bridgehead atoms. The minimum Gasteiger partial charge on any atom is -0.462 e. The van der Waals surface area contributed by atoms with Gasteiger partial charge in [0.25, 0.3) is 5.91 Å². The number of rotatable bonds is 10. The Balaban J connectivity index is 1.87. The summed E-state index contributed by atoms with van der Waals surface area (Å²) in [6, 6.07) is 0. The monoisotopic (exact) mass is 615 g/mol. The van der Waals surface area contributed by atoms with E-state index in [2.05, 4.69) is 11.9 Å². The average Bonchev–Trinajstić information content (AvgIpc) is 2.89. The second kappa shape index (κ2) is 14.0. The van der Waals surface area contributed by atoms with Gasteiger partial charge in [-0.1, -0.05) is 32.9 Å². The van der Waals surface area contributed by atoms with E-state index in [1.165, 1.54) is 21.0 Å². The molecule has 0 aromatic heterocycles. The molecule has 3 fully saturated rings. The van der Waals surface area contributed by atoms with Gasteiger partial charge in [-0.05, 0) is 6.92 Å². The zero-order valence-electron chi connectivity index (χ0n) is 26.1. The predicted octanol–water partition coefficient (Wildman–Crippen LogP) is 1.12. The van der Waals surface area contributed by atoms with Gasteiger partial charge in [0.2, 0.25) is 11.9 Å². The summed E-state index contributed by atoms with van der Waals surface area (Å²) >= 11 is 0. The number of ether oxygens (including phenoxy) is 8. The molecule has 2 N–H and O–H groups in total. The summed E-state index contributed by atoms with van der Waals surface area (Å²) in [7, 11) is 1.52. The first kappa shape index (κ1) is 34.9. The predicted molar refractivity (Wildman–Crippen MR) is 147 cm³/mol. The smallest absolute Gasteiger partial charge is 0.303 e. The van der Waals surface area contributed by atoms with E-state index in [9.17, 15) is 24.3 Å². The highest BCUT2D eigenvalue weighted by molar-refractivity contribution is 5.84. The van der Waals surface area contributed by atoms with Crippen molar-refractivity contribution in [3.05, 3.63) is 12.2 Å². The zero-order valence-corrected chi connectivity index (χ0v) is 26.1. The van der Waals surface area contributed by atoms with Crippen LogP contribution in [0.25, 0.3) is 0 Å². The summed E-state index contributed by atoms with van der Waals surface area (Å²) in [5.74, 6) is -5.06. The fraction of sp³-hybridized carbons (Fsp3) is 0.793. The molecule has 3 aliphatic heterocycles. The van der Waals surface area contributed by atoms with Crippen LogP contribution in [0.5, 0.6) is 0 Å². The lowest BCUT2D eigenvalue weighted by molar-refractivity contribution is -0.332. The molecule has 0 radical (unpaired) electrons. The van der Waals surface area contributed by atoms with Crippen LogP contribution in [-0.4, -0.2) is 104 Å². The maximum absolute atomic E-state index is 13.7. The first-order valence-electron chi connectivity index (χ1n) is 14.3. The van der Waals surface area contributed by atoms with Crippen LogP contribution in [0.3, 0.4) is 0 Å². The van der Waals surface area contributed by atoms with Gasteiger partial charge in [0.15, 0.2) is 6.23 Å². The SMILES string of the molecule is C=C1C[C@](O)([C@H](OC(C)=O)C(=O)N[C@@H]2OCO[C@H]3[C@@H]2O[C@H](C[C@H](COC(C)=O)OC(C)=O)C(C)(C)[C@@H]3OC)O[C@H](C)[C@@H]1C. The molecule has 3 aliphatic rings. The van der Waals surface area contributed by atoms with E-state index in [-0.39, 0.29) is 32.2 Å². The number of carbonyl (C=O) groups is 4. The second-order valence-corrected chi connectivity index (χ2v) is 12.0. The van der Waals surface area contributed by atoms with Crippen LogP contribution in [0.2, 0.25) is 0 Å². The van der Waals surface area contributed by atoms with Gasteiger partial charge >= 0.3 is 17.9 Å². The van der Waals surface area contributed by atoms with E-state index < -0.39 is 84.0 Å². The Bertz CT molecular complexity index is 1060. The fourth-order valence-corrected chi connectivity index (χ4v) is 5.86. The van der Waals surface area contributed by atoms with Gasteiger partial charge in [-0.2, -0.15) is 0 Å². The van der Waals surface area contributed by atoms with Crippen LogP contribution < -0.4 is 5.32 Å². The van der Waals surface area contributed by atoms with Gasteiger partial charge in [-0.3, -0.25) is 19.2 Å². The molecule has 10 atom stereocenters. The average molecular weight is 616 g/mol. The van der Waals surface area contributed by atoms with Crippen molar-refractivity contribution in [2.75, 3.05) is 20.5 Å². The number of methoxy groups -OCH3 is 1. The summed E-state index contributed by atoms with van der Waals surface area (Å²) in [6.45, 7) is 14.6. The van der Waals surface area contributed by atoms with E-state index in [0.717, 1.165) is 6.92 Å². The number of fused-ring (bicyclic) bond motifs is 1. The highest BCUT2D eigenvalue weighted by Gasteiger charge is 2.57. The molecule has 244 valence electrons. The summed E-state index contributed by atoms with van der Waals surface area (Å²) in [4.78, 5) is 48.9. The minimum absolute atomic E-state index is 0.0977. The lowest BCUT2D eigenvalue weighted by Crippen LogP contribution is -2.69. The summed E-state index contributed by atoms with van der Waals surface area (Å²) < 4.78 is 45.5. The molecule has 14 nitrogen and oxygen atoms in total. The van der Waals surface area contributed by atoms with Gasteiger partial charge in [-0.15, -0.1) is 0 Å². The Morgan fingerprint density at radius 3 is 2.26 bits per heavy atom. The molecule has 0 unspecified atom stereocenters. The Morgan fingerprint density at radius 1 is 1.05 bits per heavy atom. The van der Waals surface area contributed by atoms with Crippen molar-refractivity contribution in [1.82, 2.24) is 5.32 Å². The standard InChI is InChI=1S/C29H45NO13/c1-14-11-29(35,43-16(3)15(14)2)25(41-19(6)33)26(34)30-27-23-22(38-13-39-27)24(36-9)28(7,8)21(42-23)10-20(40-18(5)32)12-37-17(4)31/h15-16,20-25,27,35H,1,10-13H2,2-9H3,(H,30,34)/t15-,16-,20-,21-,22+,23+,24-,25-,27-,29-/m1/s1. The van der Waals surface area contributed by atoms with E-state index in [1.807, 2.05) is 20.8 Å². The highest BCUT2D eigenvalue weighted by atomic mass is 16.7. The van der Waals surface area contributed by atoms with Crippen LogP contribution in [0.15, 0.2) is 12.2 Å². The summed E-state index contributed by atoms with van der Waals surface area (Å²) in [6.07, 6.45) is -7.14. The Morgan fingerprint density at radius 2 is 1.70 bits per heavy atom. The Kier molecular flexibility index (Phi) is 11.3. The van der Waals surface area contributed by atoms with E-state index in [4.69, 9.17) is 37.9 Å². The van der Waals surface area contributed by atoms with Crippen molar-refractivity contribution in [2.24, 2.45) is 11.3 Å². The normalized spacial score (nSPS) is 35.1.